The van der Waals surface area contributed by atoms with Gasteiger partial charge in [-0.25, -0.2) is 14.5 Å². The summed E-state index contributed by atoms with van der Waals surface area (Å²) >= 11 is 0. The molecule has 0 spiro atoms. The summed E-state index contributed by atoms with van der Waals surface area (Å²) in [5.74, 6) is 0. The lowest BCUT2D eigenvalue weighted by Crippen LogP contribution is -2.46. The zero-order valence-corrected chi connectivity index (χ0v) is 16.6. The van der Waals surface area contributed by atoms with Gasteiger partial charge in [0.05, 0.1) is 0 Å². The number of imide groups is 1. The number of hydrogen-bond acceptors (Lipinski definition) is 5. The number of carbonyl (C=O) groups excluding carboxylic acids is 2. The Morgan fingerprint density at radius 2 is 1.68 bits per heavy atom. The first-order valence-electron chi connectivity index (χ1n) is 9.11. The molecule has 150 valence electrons. The monoisotopic (exact) mass is 384 g/mol. The van der Waals surface area contributed by atoms with Crippen LogP contribution in [0.5, 0.6) is 0 Å². The third-order valence-corrected chi connectivity index (χ3v) is 3.86. The minimum absolute atomic E-state index is 0.173. The summed E-state index contributed by atoms with van der Waals surface area (Å²) in [6.45, 7) is 5.72. The number of amides is 3. The first kappa shape index (κ1) is 21.1. The number of nitrogens with one attached hydrogen (secondary N) is 1. The fraction of sp³-hybridized carbons (Fsp3) is 0.333. The summed E-state index contributed by atoms with van der Waals surface area (Å²) < 4.78 is 5.39. The van der Waals surface area contributed by atoms with Crippen LogP contribution in [0.15, 0.2) is 48.5 Å². The van der Waals surface area contributed by atoms with Gasteiger partial charge in [0.15, 0.2) is 0 Å². The number of rotatable bonds is 5. The predicted molar refractivity (Wildman–Crippen MR) is 111 cm³/mol. The van der Waals surface area contributed by atoms with Crippen LogP contribution in [-0.4, -0.2) is 29.2 Å². The van der Waals surface area contributed by atoms with Crippen molar-refractivity contribution in [3.63, 3.8) is 0 Å². The molecular formula is C21H28N4O3. The third kappa shape index (κ3) is 6.83. The van der Waals surface area contributed by atoms with Crippen molar-refractivity contribution in [2.45, 2.75) is 39.3 Å². The Bertz CT molecular complexity index is 813. The van der Waals surface area contributed by atoms with Crippen molar-refractivity contribution in [1.82, 2.24) is 10.2 Å². The zero-order valence-electron chi connectivity index (χ0n) is 16.6. The highest BCUT2D eigenvalue weighted by Gasteiger charge is 2.27. The Morgan fingerprint density at radius 1 is 1.00 bits per heavy atom. The molecule has 7 heteroatoms. The molecule has 2 aromatic rings. The van der Waals surface area contributed by atoms with Crippen molar-refractivity contribution in [2.75, 3.05) is 18.0 Å². The fourth-order valence-corrected chi connectivity index (χ4v) is 2.49. The molecule has 0 atom stereocenters. The average molecular weight is 384 g/mol. The minimum Gasteiger partial charge on any atom is -0.443 e. The van der Waals surface area contributed by atoms with E-state index in [9.17, 15) is 9.59 Å². The molecule has 0 saturated heterocycles. The number of benzene rings is 2. The van der Waals surface area contributed by atoms with Crippen LogP contribution < -0.4 is 16.8 Å². The van der Waals surface area contributed by atoms with Crippen molar-refractivity contribution in [1.29, 1.82) is 0 Å². The Morgan fingerprint density at radius 3 is 2.29 bits per heavy atom. The fourth-order valence-electron chi connectivity index (χ4n) is 2.49. The second-order valence-electron chi connectivity index (χ2n) is 7.53. The van der Waals surface area contributed by atoms with E-state index < -0.39 is 17.7 Å². The maximum absolute atomic E-state index is 12.7. The maximum atomic E-state index is 12.7. The molecule has 0 saturated carbocycles. The summed E-state index contributed by atoms with van der Waals surface area (Å²) in [6, 6.07) is 14.0. The van der Waals surface area contributed by atoms with Crippen molar-refractivity contribution >= 4 is 23.5 Å². The number of nitrogens with two attached hydrogens (primary N) is 2. The highest BCUT2D eigenvalue weighted by molar-refractivity contribution is 5.91. The molecule has 2 rings (SSSR count). The van der Waals surface area contributed by atoms with E-state index in [1.54, 1.807) is 39.0 Å². The summed E-state index contributed by atoms with van der Waals surface area (Å²) in [7, 11) is 0. The first-order chi connectivity index (χ1) is 13.1. The van der Waals surface area contributed by atoms with Gasteiger partial charge in [0, 0.05) is 24.5 Å². The number of nitrogen functional groups attached to an aromatic ring is 2. The van der Waals surface area contributed by atoms with Gasteiger partial charge in [-0.3, -0.25) is 0 Å². The highest BCUT2D eigenvalue weighted by Crippen LogP contribution is 2.13. The van der Waals surface area contributed by atoms with Crippen LogP contribution in [0.2, 0.25) is 0 Å². The topological polar surface area (TPSA) is 111 Å². The van der Waals surface area contributed by atoms with Gasteiger partial charge in [-0.05, 0) is 62.6 Å². The first-order valence-corrected chi connectivity index (χ1v) is 9.11. The summed E-state index contributed by atoms with van der Waals surface area (Å²) in [5.41, 5.74) is 13.8. The van der Waals surface area contributed by atoms with Gasteiger partial charge in [0.1, 0.15) is 5.60 Å². The molecule has 0 fully saturated rings. The number of anilines is 2. The van der Waals surface area contributed by atoms with Gasteiger partial charge in [-0.15, -0.1) is 0 Å². The molecule has 0 unspecified atom stereocenters. The van der Waals surface area contributed by atoms with Gasteiger partial charge in [-0.1, -0.05) is 24.3 Å². The van der Waals surface area contributed by atoms with E-state index in [2.05, 4.69) is 5.32 Å². The normalized spacial score (nSPS) is 11.0. The van der Waals surface area contributed by atoms with Crippen LogP contribution in [0.4, 0.5) is 21.0 Å². The van der Waals surface area contributed by atoms with E-state index in [-0.39, 0.29) is 13.1 Å². The van der Waals surface area contributed by atoms with Crippen LogP contribution >= 0.6 is 0 Å². The molecule has 0 aliphatic heterocycles. The van der Waals surface area contributed by atoms with Crippen LogP contribution in [0.25, 0.3) is 0 Å². The van der Waals surface area contributed by atoms with E-state index in [0.717, 1.165) is 16.0 Å². The van der Waals surface area contributed by atoms with Crippen LogP contribution in [0, 0.1) is 0 Å². The summed E-state index contributed by atoms with van der Waals surface area (Å²) in [4.78, 5) is 26.3. The van der Waals surface area contributed by atoms with Gasteiger partial charge < -0.3 is 21.5 Å². The Hall–Kier alpha value is -3.22. The van der Waals surface area contributed by atoms with Crippen molar-refractivity contribution < 1.29 is 14.3 Å². The lowest BCUT2D eigenvalue weighted by atomic mass is 10.1. The van der Waals surface area contributed by atoms with E-state index in [1.165, 1.54) is 0 Å². The van der Waals surface area contributed by atoms with Crippen molar-refractivity contribution in [3.8, 4) is 0 Å². The molecule has 28 heavy (non-hydrogen) atoms. The van der Waals surface area contributed by atoms with Crippen LogP contribution in [0.1, 0.15) is 31.9 Å². The van der Waals surface area contributed by atoms with Gasteiger partial charge in [-0.2, -0.15) is 0 Å². The summed E-state index contributed by atoms with van der Waals surface area (Å²) in [5, 5.41) is 2.75. The maximum Gasteiger partial charge on any atom is 0.418 e. The molecule has 0 bridgehead atoms. The lowest BCUT2D eigenvalue weighted by Gasteiger charge is -2.26. The molecular weight excluding hydrogens is 356 g/mol. The number of urea groups is 1. The van der Waals surface area contributed by atoms with Gasteiger partial charge in [0.2, 0.25) is 0 Å². The molecule has 7 nitrogen and oxygen atoms in total. The van der Waals surface area contributed by atoms with Crippen molar-refractivity contribution in [2.24, 2.45) is 0 Å². The van der Waals surface area contributed by atoms with Crippen LogP contribution in [-0.2, 0) is 17.7 Å². The molecule has 0 radical (unpaired) electrons. The Balaban J connectivity index is 2.06. The second kappa shape index (κ2) is 9.12. The minimum atomic E-state index is -0.705. The molecule has 0 aromatic heterocycles. The van der Waals surface area contributed by atoms with Crippen molar-refractivity contribution in [3.05, 3.63) is 59.7 Å². The second-order valence-corrected chi connectivity index (χ2v) is 7.53. The van der Waals surface area contributed by atoms with E-state index in [1.807, 2.05) is 30.3 Å². The Labute approximate surface area is 165 Å². The number of hydrogen-bond donors (Lipinski definition) is 3. The standard InChI is InChI=1S/C21H28N4O3/c1-21(2,3)28-20(27)25(12-11-15-5-4-6-18(23)13-15)19(26)24-14-16-7-9-17(22)10-8-16/h4-10,13H,11-12,14,22-23H2,1-3H3,(H,24,26). The molecule has 0 aliphatic rings. The van der Waals surface area contributed by atoms with Crippen LogP contribution in [0.3, 0.4) is 0 Å². The summed E-state index contributed by atoms with van der Waals surface area (Å²) in [6.07, 6.45) is -0.217. The molecule has 5 N–H and O–H groups in total. The highest BCUT2D eigenvalue weighted by atomic mass is 16.6. The van der Waals surface area contributed by atoms with Gasteiger partial charge in [0.25, 0.3) is 0 Å². The smallest absolute Gasteiger partial charge is 0.418 e. The third-order valence-electron chi connectivity index (χ3n) is 3.86. The molecule has 0 aliphatic carbocycles. The number of ether oxygens (including phenoxy) is 1. The van der Waals surface area contributed by atoms with Gasteiger partial charge >= 0.3 is 12.1 Å². The Kier molecular flexibility index (Phi) is 6.87. The zero-order chi connectivity index (χ0) is 20.7. The lowest BCUT2D eigenvalue weighted by molar-refractivity contribution is 0.0322. The number of nitrogens with zero attached hydrogens (tertiary/aromatic N) is 1. The molecule has 0 heterocycles. The van der Waals surface area contributed by atoms with E-state index in [4.69, 9.17) is 16.2 Å². The largest absolute Gasteiger partial charge is 0.443 e. The number of carbonyl (C=O) groups is 2. The van der Waals surface area contributed by atoms with E-state index in [0.29, 0.717) is 17.8 Å². The molecule has 3 amide bonds. The molecule has 2 aromatic carbocycles. The predicted octanol–water partition coefficient (Wildman–Crippen LogP) is 3.54. The SMILES string of the molecule is CC(C)(C)OC(=O)N(CCc1cccc(N)c1)C(=O)NCc1ccc(N)cc1. The average Bonchev–Trinajstić information content (AvgIpc) is 2.60. The quantitative estimate of drug-likeness (QED) is 0.683. The van der Waals surface area contributed by atoms with E-state index >= 15 is 0 Å².